The van der Waals surface area contributed by atoms with Crippen LogP contribution in [0.5, 0.6) is 0 Å². The van der Waals surface area contributed by atoms with Crippen molar-refractivity contribution < 1.29 is 19.4 Å². The van der Waals surface area contributed by atoms with Gasteiger partial charge in [0.1, 0.15) is 11.5 Å². The number of hydrogen-bond acceptors (Lipinski definition) is 5. The molecule has 1 aromatic rings. The molecule has 0 fully saturated rings. The van der Waals surface area contributed by atoms with E-state index < -0.39 is 12.1 Å². The largest absolute Gasteiger partial charge is 0.477 e. The van der Waals surface area contributed by atoms with Gasteiger partial charge in [-0.3, -0.25) is 4.90 Å². The number of aromatic carboxylic acids is 1. The Bertz CT molecular complexity index is 470. The number of amides is 1. The van der Waals surface area contributed by atoms with E-state index >= 15 is 0 Å². The average molecular weight is 270 g/mol. The third-order valence-electron chi connectivity index (χ3n) is 2.07. The van der Waals surface area contributed by atoms with E-state index in [1.165, 1.54) is 11.0 Å². The number of nitrogens with zero attached hydrogens (tertiary/aromatic N) is 2. The van der Waals surface area contributed by atoms with Gasteiger partial charge < -0.3 is 9.84 Å². The van der Waals surface area contributed by atoms with Crippen LogP contribution in [-0.2, 0) is 4.74 Å². The highest BCUT2D eigenvalue weighted by molar-refractivity contribution is 7.17. The van der Waals surface area contributed by atoms with Gasteiger partial charge in [0.25, 0.3) is 0 Å². The molecule has 1 amide bonds. The molecule has 0 unspecified atom stereocenters. The standard InChI is InChI=1S/C11H14N2O4S/c1-4-6-17-11(16)13(5-2)10-12-7(3)8(18-10)9(14)15/h4H,1,5-6H2,2-3H3,(H,14,15). The summed E-state index contributed by atoms with van der Waals surface area (Å²) in [6.07, 6.45) is 0.893. The minimum atomic E-state index is -1.05. The van der Waals surface area contributed by atoms with Crippen LogP contribution >= 0.6 is 11.3 Å². The first-order valence-electron chi connectivity index (χ1n) is 5.27. The summed E-state index contributed by atoms with van der Waals surface area (Å²) in [7, 11) is 0. The number of ether oxygens (including phenoxy) is 1. The highest BCUT2D eigenvalue weighted by Gasteiger charge is 2.22. The van der Waals surface area contributed by atoms with Gasteiger partial charge in [-0.15, -0.1) is 0 Å². The normalized spacial score (nSPS) is 9.89. The minimum Gasteiger partial charge on any atom is -0.477 e. The van der Waals surface area contributed by atoms with Crippen molar-refractivity contribution in [2.75, 3.05) is 18.1 Å². The maximum atomic E-state index is 11.7. The number of thiazole rings is 1. The third-order valence-corrected chi connectivity index (χ3v) is 3.24. The van der Waals surface area contributed by atoms with Gasteiger partial charge in [-0.05, 0) is 13.8 Å². The number of hydrogen-bond donors (Lipinski definition) is 1. The SMILES string of the molecule is C=CCOC(=O)N(CC)c1nc(C)c(C(=O)O)s1. The van der Waals surface area contributed by atoms with Gasteiger partial charge in [-0.2, -0.15) is 0 Å². The number of rotatable bonds is 5. The second kappa shape index (κ2) is 6.15. The Kier molecular flexibility index (Phi) is 4.85. The lowest BCUT2D eigenvalue weighted by Gasteiger charge is -2.16. The monoisotopic (exact) mass is 270 g/mol. The zero-order valence-electron chi connectivity index (χ0n) is 10.2. The van der Waals surface area contributed by atoms with Crippen LogP contribution in [-0.4, -0.2) is 35.3 Å². The van der Waals surface area contributed by atoms with Gasteiger partial charge in [0, 0.05) is 6.54 Å². The summed E-state index contributed by atoms with van der Waals surface area (Å²) >= 11 is 0.951. The van der Waals surface area contributed by atoms with Crippen molar-refractivity contribution in [3.8, 4) is 0 Å². The van der Waals surface area contributed by atoms with Crippen molar-refractivity contribution in [1.29, 1.82) is 0 Å². The zero-order valence-corrected chi connectivity index (χ0v) is 11.0. The molecule has 18 heavy (non-hydrogen) atoms. The van der Waals surface area contributed by atoms with Gasteiger partial charge in [0.2, 0.25) is 0 Å². The summed E-state index contributed by atoms with van der Waals surface area (Å²) in [5.74, 6) is -1.05. The number of carboxylic acid groups (broad SMARTS) is 1. The van der Waals surface area contributed by atoms with Crippen molar-refractivity contribution in [3.63, 3.8) is 0 Å². The molecule has 0 saturated heterocycles. The van der Waals surface area contributed by atoms with E-state index in [2.05, 4.69) is 11.6 Å². The summed E-state index contributed by atoms with van der Waals surface area (Å²) in [6.45, 7) is 7.24. The number of carbonyl (C=O) groups is 2. The summed E-state index contributed by atoms with van der Waals surface area (Å²) in [5, 5.41) is 9.26. The first-order valence-corrected chi connectivity index (χ1v) is 6.08. The Morgan fingerprint density at radius 1 is 1.61 bits per heavy atom. The second-order valence-electron chi connectivity index (χ2n) is 3.33. The highest BCUT2D eigenvalue weighted by atomic mass is 32.1. The molecule has 1 rings (SSSR count). The summed E-state index contributed by atoms with van der Waals surface area (Å²) in [6, 6.07) is 0. The van der Waals surface area contributed by atoms with Crippen molar-refractivity contribution in [3.05, 3.63) is 23.2 Å². The molecule has 1 N–H and O–H groups in total. The fourth-order valence-electron chi connectivity index (χ4n) is 1.25. The summed E-state index contributed by atoms with van der Waals surface area (Å²) < 4.78 is 4.90. The second-order valence-corrected chi connectivity index (χ2v) is 4.30. The van der Waals surface area contributed by atoms with Crippen LogP contribution in [0.1, 0.15) is 22.3 Å². The Morgan fingerprint density at radius 2 is 2.28 bits per heavy atom. The number of anilines is 1. The maximum absolute atomic E-state index is 11.7. The molecule has 0 aliphatic carbocycles. The molecule has 0 aromatic carbocycles. The lowest BCUT2D eigenvalue weighted by molar-refractivity contribution is 0.0701. The Morgan fingerprint density at radius 3 is 2.72 bits per heavy atom. The fourth-order valence-corrected chi connectivity index (χ4v) is 2.21. The van der Waals surface area contributed by atoms with Crippen molar-refractivity contribution >= 4 is 28.5 Å². The average Bonchev–Trinajstić information content (AvgIpc) is 2.69. The van der Waals surface area contributed by atoms with Crippen LogP contribution in [0.25, 0.3) is 0 Å². The zero-order chi connectivity index (χ0) is 13.7. The molecule has 0 aliphatic rings. The quantitative estimate of drug-likeness (QED) is 0.830. The lowest BCUT2D eigenvalue weighted by Crippen LogP contribution is -2.31. The fraction of sp³-hybridized carbons (Fsp3) is 0.364. The highest BCUT2D eigenvalue weighted by Crippen LogP contribution is 2.26. The Labute approximate surface area is 109 Å². The molecular formula is C11H14N2O4S. The minimum absolute atomic E-state index is 0.103. The molecule has 0 radical (unpaired) electrons. The lowest BCUT2D eigenvalue weighted by atomic mass is 10.4. The van der Waals surface area contributed by atoms with E-state index in [1.807, 2.05) is 0 Å². The molecular weight excluding hydrogens is 256 g/mol. The van der Waals surface area contributed by atoms with E-state index in [1.54, 1.807) is 13.8 Å². The Balaban J connectivity index is 2.95. The van der Waals surface area contributed by atoms with Gasteiger partial charge in [-0.1, -0.05) is 24.0 Å². The molecule has 1 heterocycles. The van der Waals surface area contributed by atoms with Crippen LogP contribution in [0.4, 0.5) is 9.93 Å². The smallest absolute Gasteiger partial charge is 0.416 e. The molecule has 0 saturated carbocycles. The number of aryl methyl sites for hydroxylation is 1. The molecule has 0 spiro atoms. The predicted octanol–water partition coefficient (Wildman–Crippen LogP) is 2.30. The van der Waals surface area contributed by atoms with Crippen LogP contribution in [0, 0.1) is 6.92 Å². The molecule has 0 aliphatic heterocycles. The summed E-state index contributed by atoms with van der Waals surface area (Å²) in [5.41, 5.74) is 0.387. The Hall–Kier alpha value is -1.89. The first kappa shape index (κ1) is 14.2. The van der Waals surface area contributed by atoms with Gasteiger partial charge in [-0.25, -0.2) is 14.6 Å². The molecule has 7 heteroatoms. The number of carboxylic acids is 1. The predicted molar refractivity (Wildman–Crippen MR) is 68.4 cm³/mol. The topological polar surface area (TPSA) is 79.7 Å². The molecule has 98 valence electrons. The third kappa shape index (κ3) is 3.07. The van der Waals surface area contributed by atoms with Crippen LogP contribution < -0.4 is 4.90 Å². The number of aromatic nitrogens is 1. The van der Waals surface area contributed by atoms with Crippen LogP contribution in [0.15, 0.2) is 12.7 Å². The van der Waals surface area contributed by atoms with Crippen LogP contribution in [0.3, 0.4) is 0 Å². The van der Waals surface area contributed by atoms with E-state index in [0.717, 1.165) is 11.3 Å². The molecule has 0 bridgehead atoms. The molecule has 0 atom stereocenters. The van der Waals surface area contributed by atoms with E-state index in [4.69, 9.17) is 9.84 Å². The van der Waals surface area contributed by atoms with E-state index in [9.17, 15) is 9.59 Å². The van der Waals surface area contributed by atoms with Gasteiger partial charge >= 0.3 is 12.1 Å². The number of carbonyl (C=O) groups excluding carboxylic acids is 1. The first-order chi connectivity index (χ1) is 8.51. The van der Waals surface area contributed by atoms with Crippen molar-refractivity contribution in [2.24, 2.45) is 0 Å². The van der Waals surface area contributed by atoms with Gasteiger partial charge in [0.15, 0.2) is 5.13 Å². The van der Waals surface area contributed by atoms with Crippen molar-refractivity contribution in [2.45, 2.75) is 13.8 Å². The van der Waals surface area contributed by atoms with Crippen molar-refractivity contribution in [1.82, 2.24) is 4.98 Å². The van der Waals surface area contributed by atoms with E-state index in [0.29, 0.717) is 17.4 Å². The molecule has 1 aromatic heterocycles. The van der Waals surface area contributed by atoms with Gasteiger partial charge in [0.05, 0.1) is 5.69 Å². The molecule has 6 nitrogen and oxygen atoms in total. The maximum Gasteiger partial charge on any atom is 0.416 e. The summed E-state index contributed by atoms with van der Waals surface area (Å²) in [4.78, 5) is 28.1. The van der Waals surface area contributed by atoms with Crippen LogP contribution in [0.2, 0.25) is 0 Å². The van der Waals surface area contributed by atoms with E-state index in [-0.39, 0.29) is 11.5 Å².